The molecule has 0 aliphatic carbocycles. The second kappa shape index (κ2) is 1.98. The average molecular weight is 130 g/mol. The molecule has 0 saturated carbocycles. The van der Waals surface area contributed by atoms with Gasteiger partial charge in [0.1, 0.15) is 0 Å². The van der Waals surface area contributed by atoms with Crippen LogP contribution in [-0.4, -0.2) is 22.4 Å². The minimum atomic E-state index is -0.521. The van der Waals surface area contributed by atoms with Gasteiger partial charge in [0.2, 0.25) is 0 Å². The predicted molar refractivity (Wildman–Crippen MR) is 29.9 cm³/mol. The topological polar surface area (TPSA) is 84.8 Å². The lowest BCUT2D eigenvalue weighted by Crippen LogP contribution is -2.21. The number of nitrogens with two attached hydrogens (primary N) is 1. The minimum absolute atomic E-state index is 0.0579. The van der Waals surface area contributed by atoms with E-state index in [0.29, 0.717) is 13.0 Å². The summed E-state index contributed by atoms with van der Waals surface area (Å²) in [6.45, 7) is 0.441. The zero-order valence-corrected chi connectivity index (χ0v) is 4.65. The fraction of sp³-hybridized carbons (Fsp3) is 0.667. The van der Waals surface area contributed by atoms with E-state index in [0.717, 1.165) is 5.12 Å². The molecule has 0 bridgehead atoms. The maximum absolute atomic E-state index is 9.94. The molecule has 1 heterocycles. The molecule has 2 N–H and O–H groups in total. The molecule has 0 aromatic carbocycles. The number of hydrazone groups is 1. The Morgan fingerprint density at radius 3 is 2.78 bits per heavy atom. The smallest absolute Gasteiger partial charge is 0.358 e. The van der Waals surface area contributed by atoms with Crippen molar-refractivity contribution in [2.24, 2.45) is 10.9 Å². The second-order valence-electron chi connectivity index (χ2n) is 1.69. The van der Waals surface area contributed by atoms with E-state index in [1.165, 1.54) is 0 Å². The minimum Gasteiger partial charge on any atom is -0.358 e. The summed E-state index contributed by atoms with van der Waals surface area (Å²) >= 11 is 0. The highest BCUT2D eigenvalue weighted by Gasteiger charge is 2.22. The Balaban J connectivity index is 2.62. The summed E-state index contributed by atoms with van der Waals surface area (Å²) in [7, 11) is 0. The Morgan fingerprint density at radius 2 is 2.56 bits per heavy atom. The molecule has 0 unspecified atom stereocenters. The van der Waals surface area contributed by atoms with Crippen molar-refractivity contribution in [2.45, 2.75) is 6.42 Å². The standard InChI is InChI=1S/C3H6N4O2/c4-6-2-1-3(5-6)7(8)9/h1-2,4H2. The van der Waals surface area contributed by atoms with E-state index in [4.69, 9.17) is 5.84 Å². The van der Waals surface area contributed by atoms with Crippen LogP contribution in [0.25, 0.3) is 0 Å². The fourth-order valence-electron chi connectivity index (χ4n) is 0.591. The highest BCUT2D eigenvalue weighted by molar-refractivity contribution is 5.75. The number of amidine groups is 1. The molecule has 6 nitrogen and oxygen atoms in total. The van der Waals surface area contributed by atoms with Gasteiger partial charge in [-0.2, -0.15) is 0 Å². The molecular formula is C3H6N4O2. The van der Waals surface area contributed by atoms with Gasteiger partial charge in [0, 0.05) is 0 Å². The van der Waals surface area contributed by atoms with Gasteiger partial charge in [-0.25, -0.2) is 5.84 Å². The maximum atomic E-state index is 9.94. The molecule has 50 valence electrons. The van der Waals surface area contributed by atoms with Crippen molar-refractivity contribution in [1.29, 1.82) is 0 Å². The highest BCUT2D eigenvalue weighted by Crippen LogP contribution is 1.99. The molecule has 0 radical (unpaired) electrons. The normalized spacial score (nSPS) is 17.9. The van der Waals surface area contributed by atoms with Gasteiger partial charge < -0.3 is 10.1 Å². The molecular weight excluding hydrogens is 124 g/mol. The lowest BCUT2D eigenvalue weighted by molar-refractivity contribution is -0.352. The van der Waals surface area contributed by atoms with E-state index < -0.39 is 4.92 Å². The van der Waals surface area contributed by atoms with Crippen LogP contribution >= 0.6 is 0 Å². The molecule has 1 aliphatic rings. The summed E-state index contributed by atoms with van der Waals surface area (Å²) < 4.78 is 0. The Hall–Kier alpha value is -1.17. The van der Waals surface area contributed by atoms with Crippen LogP contribution < -0.4 is 5.84 Å². The average Bonchev–Trinajstić information content (AvgIpc) is 2.14. The van der Waals surface area contributed by atoms with Crippen LogP contribution in [0.2, 0.25) is 0 Å². The van der Waals surface area contributed by atoms with Gasteiger partial charge in [-0.3, -0.25) is 0 Å². The summed E-state index contributed by atoms with van der Waals surface area (Å²) in [6.07, 6.45) is 0.337. The number of hydrogen-bond acceptors (Lipinski definition) is 5. The van der Waals surface area contributed by atoms with E-state index in [-0.39, 0.29) is 5.84 Å². The summed E-state index contributed by atoms with van der Waals surface area (Å²) in [6, 6.07) is 0. The Bertz CT molecular complexity index is 165. The van der Waals surface area contributed by atoms with Gasteiger partial charge in [-0.1, -0.05) is 0 Å². The van der Waals surface area contributed by atoms with Crippen molar-refractivity contribution in [1.82, 2.24) is 5.12 Å². The first-order chi connectivity index (χ1) is 4.20. The quantitative estimate of drug-likeness (QED) is 0.263. The van der Waals surface area contributed by atoms with E-state index >= 15 is 0 Å². The van der Waals surface area contributed by atoms with Crippen LogP contribution in [0.4, 0.5) is 0 Å². The van der Waals surface area contributed by atoms with E-state index in [2.05, 4.69) is 5.10 Å². The van der Waals surface area contributed by atoms with Crippen LogP contribution in [0, 0.1) is 10.1 Å². The third-order valence-electron chi connectivity index (χ3n) is 1.02. The Morgan fingerprint density at radius 1 is 1.89 bits per heavy atom. The second-order valence-corrected chi connectivity index (χ2v) is 1.69. The van der Waals surface area contributed by atoms with Gasteiger partial charge in [-0.15, -0.1) is 5.12 Å². The first-order valence-corrected chi connectivity index (χ1v) is 2.44. The number of rotatable bonds is 0. The van der Waals surface area contributed by atoms with E-state index in [1.54, 1.807) is 0 Å². The number of hydrazine groups is 1. The van der Waals surface area contributed by atoms with Gasteiger partial charge >= 0.3 is 5.84 Å². The molecule has 0 amide bonds. The molecule has 6 heteroatoms. The molecule has 0 aromatic heterocycles. The molecule has 1 aliphatic heterocycles. The molecule has 1 rings (SSSR count). The third-order valence-corrected chi connectivity index (χ3v) is 1.02. The van der Waals surface area contributed by atoms with Gasteiger partial charge in [0.25, 0.3) is 0 Å². The summed E-state index contributed by atoms with van der Waals surface area (Å²) in [5.41, 5.74) is 0. The Labute approximate surface area is 51.1 Å². The summed E-state index contributed by atoms with van der Waals surface area (Å²) in [5, 5.41) is 14.4. The van der Waals surface area contributed by atoms with Crippen molar-refractivity contribution in [2.75, 3.05) is 6.54 Å². The van der Waals surface area contributed by atoms with Crippen LogP contribution in [-0.2, 0) is 0 Å². The van der Waals surface area contributed by atoms with Crippen molar-refractivity contribution >= 4 is 5.84 Å². The largest absolute Gasteiger partial charge is 0.367 e. The first kappa shape index (κ1) is 5.96. The first-order valence-electron chi connectivity index (χ1n) is 2.44. The van der Waals surface area contributed by atoms with Crippen molar-refractivity contribution in [3.05, 3.63) is 10.1 Å². The lowest BCUT2D eigenvalue weighted by atomic mass is 10.4. The van der Waals surface area contributed by atoms with Crippen molar-refractivity contribution in [3.63, 3.8) is 0 Å². The van der Waals surface area contributed by atoms with Crippen LogP contribution in [0.1, 0.15) is 6.42 Å². The lowest BCUT2D eigenvalue weighted by Gasteiger charge is -1.91. The third kappa shape index (κ3) is 1.14. The van der Waals surface area contributed by atoms with E-state index in [9.17, 15) is 10.1 Å². The fourth-order valence-corrected chi connectivity index (χ4v) is 0.591. The van der Waals surface area contributed by atoms with Gasteiger partial charge in [0.15, 0.2) is 0 Å². The van der Waals surface area contributed by atoms with Crippen molar-refractivity contribution in [3.8, 4) is 0 Å². The monoisotopic (exact) mass is 130 g/mol. The maximum Gasteiger partial charge on any atom is 0.367 e. The SMILES string of the molecule is NN1CCC([N+](=O)[O-])=N1. The summed E-state index contributed by atoms with van der Waals surface area (Å²) in [4.78, 5) is 9.42. The number of nitro groups is 1. The van der Waals surface area contributed by atoms with E-state index in [1.807, 2.05) is 0 Å². The number of hydrogen-bond donors (Lipinski definition) is 1. The molecule has 0 saturated heterocycles. The molecule has 9 heavy (non-hydrogen) atoms. The molecule has 0 atom stereocenters. The van der Waals surface area contributed by atoms with Crippen molar-refractivity contribution < 1.29 is 4.92 Å². The van der Waals surface area contributed by atoms with Gasteiger partial charge in [-0.05, 0) is 4.92 Å². The Kier molecular flexibility index (Phi) is 1.31. The number of nitrogens with zero attached hydrogens (tertiary/aromatic N) is 3. The summed E-state index contributed by atoms with van der Waals surface area (Å²) in [5.74, 6) is 5.05. The van der Waals surface area contributed by atoms with Crippen LogP contribution in [0.3, 0.4) is 0 Å². The molecule has 0 aromatic rings. The predicted octanol–water partition coefficient (Wildman–Crippen LogP) is -0.844. The molecule has 0 fully saturated rings. The van der Waals surface area contributed by atoms with Gasteiger partial charge in [0.05, 0.1) is 18.1 Å². The zero-order valence-electron chi connectivity index (χ0n) is 4.65. The van der Waals surface area contributed by atoms with Crippen LogP contribution in [0.15, 0.2) is 5.10 Å². The zero-order chi connectivity index (χ0) is 6.85. The molecule has 0 spiro atoms. The highest BCUT2D eigenvalue weighted by atomic mass is 16.6. The van der Waals surface area contributed by atoms with Crippen LogP contribution in [0.5, 0.6) is 0 Å².